The molecule has 0 amide bonds. The van der Waals surface area contributed by atoms with Gasteiger partial charge in [0.25, 0.3) is 0 Å². The number of hydrogen-bond donors (Lipinski definition) is 1. The molecule has 1 aliphatic heterocycles. The van der Waals surface area contributed by atoms with E-state index in [1.165, 1.54) is 16.7 Å². The van der Waals surface area contributed by atoms with Crippen LogP contribution in [0.15, 0.2) is 42.5 Å². The molecule has 110 valence electrons. The second kappa shape index (κ2) is 6.00. The van der Waals surface area contributed by atoms with Gasteiger partial charge in [-0.1, -0.05) is 42.5 Å². The second-order valence-electron chi connectivity index (χ2n) is 5.93. The number of aliphatic hydroxyl groups excluding tert-OH is 1. The molecule has 2 aromatic rings. The molecule has 2 nitrogen and oxygen atoms in total. The van der Waals surface area contributed by atoms with E-state index < -0.39 is 6.10 Å². The number of benzene rings is 2. The Morgan fingerprint density at radius 2 is 1.95 bits per heavy atom. The van der Waals surface area contributed by atoms with Crippen molar-refractivity contribution in [2.45, 2.75) is 38.9 Å². The van der Waals surface area contributed by atoms with Gasteiger partial charge >= 0.3 is 0 Å². The lowest BCUT2D eigenvalue weighted by Crippen LogP contribution is -2.28. The standard InChI is InChI=1S/C19H22O2/c1-13-7-8-15(11-14(13)2)12-18(20)19-17-6-4-3-5-16(17)9-10-21-19/h3-8,11,18-20H,9-10,12H2,1-2H3. The molecular weight excluding hydrogens is 260 g/mol. The van der Waals surface area contributed by atoms with Crippen molar-refractivity contribution in [3.05, 3.63) is 70.3 Å². The van der Waals surface area contributed by atoms with Crippen LogP contribution in [-0.2, 0) is 17.6 Å². The molecule has 0 bridgehead atoms. The maximum atomic E-state index is 10.6. The van der Waals surface area contributed by atoms with Crippen molar-refractivity contribution in [2.24, 2.45) is 0 Å². The first-order valence-electron chi connectivity index (χ1n) is 7.59. The number of hydrogen-bond acceptors (Lipinski definition) is 2. The Morgan fingerprint density at radius 1 is 1.14 bits per heavy atom. The lowest BCUT2D eigenvalue weighted by Gasteiger charge is -2.30. The average molecular weight is 282 g/mol. The van der Waals surface area contributed by atoms with E-state index in [4.69, 9.17) is 4.74 Å². The van der Waals surface area contributed by atoms with E-state index in [9.17, 15) is 5.11 Å². The molecule has 1 heterocycles. The summed E-state index contributed by atoms with van der Waals surface area (Å²) in [4.78, 5) is 0. The van der Waals surface area contributed by atoms with E-state index in [1.807, 2.05) is 6.07 Å². The van der Waals surface area contributed by atoms with E-state index in [2.05, 4.69) is 50.2 Å². The molecule has 21 heavy (non-hydrogen) atoms. The SMILES string of the molecule is Cc1ccc(CC(O)C2OCCc3ccccc32)cc1C. The highest BCUT2D eigenvalue weighted by Gasteiger charge is 2.27. The van der Waals surface area contributed by atoms with Crippen molar-refractivity contribution in [1.29, 1.82) is 0 Å². The molecule has 2 atom stereocenters. The number of aliphatic hydroxyl groups is 1. The lowest BCUT2D eigenvalue weighted by molar-refractivity contribution is -0.0460. The average Bonchev–Trinajstić information content (AvgIpc) is 2.50. The highest BCUT2D eigenvalue weighted by Crippen LogP contribution is 2.31. The predicted molar refractivity (Wildman–Crippen MR) is 84.5 cm³/mol. The van der Waals surface area contributed by atoms with Gasteiger partial charge in [0.05, 0.1) is 12.7 Å². The summed E-state index contributed by atoms with van der Waals surface area (Å²) in [5, 5.41) is 10.6. The predicted octanol–water partition coefficient (Wildman–Crippen LogP) is 3.52. The van der Waals surface area contributed by atoms with Crippen LogP contribution < -0.4 is 0 Å². The van der Waals surface area contributed by atoms with Gasteiger partial charge in [0.2, 0.25) is 0 Å². The Balaban J connectivity index is 1.80. The van der Waals surface area contributed by atoms with Crippen molar-refractivity contribution in [2.75, 3.05) is 6.61 Å². The number of fused-ring (bicyclic) bond motifs is 1. The monoisotopic (exact) mass is 282 g/mol. The third kappa shape index (κ3) is 3.02. The zero-order valence-electron chi connectivity index (χ0n) is 12.7. The molecule has 2 heteroatoms. The van der Waals surface area contributed by atoms with Gasteiger partial charge in [-0.05, 0) is 48.1 Å². The van der Waals surface area contributed by atoms with Crippen molar-refractivity contribution in [1.82, 2.24) is 0 Å². The summed E-state index contributed by atoms with van der Waals surface area (Å²) >= 11 is 0. The summed E-state index contributed by atoms with van der Waals surface area (Å²) in [6.07, 6.45) is 0.841. The first-order chi connectivity index (χ1) is 10.1. The maximum absolute atomic E-state index is 10.6. The summed E-state index contributed by atoms with van der Waals surface area (Å²) in [5.74, 6) is 0. The Morgan fingerprint density at radius 3 is 2.76 bits per heavy atom. The molecule has 2 aromatic carbocycles. The summed E-state index contributed by atoms with van der Waals surface area (Å²) in [6.45, 7) is 4.90. The van der Waals surface area contributed by atoms with E-state index in [0.717, 1.165) is 17.5 Å². The molecule has 0 aliphatic carbocycles. The van der Waals surface area contributed by atoms with Crippen molar-refractivity contribution < 1.29 is 9.84 Å². The molecular formula is C19H22O2. The fraction of sp³-hybridized carbons (Fsp3) is 0.368. The normalized spacial score (nSPS) is 19.1. The topological polar surface area (TPSA) is 29.5 Å². The minimum atomic E-state index is -0.506. The summed E-state index contributed by atoms with van der Waals surface area (Å²) < 4.78 is 5.84. The quantitative estimate of drug-likeness (QED) is 0.933. The molecule has 0 spiro atoms. The van der Waals surface area contributed by atoms with Crippen LogP contribution in [0, 0.1) is 13.8 Å². The third-order valence-electron chi connectivity index (χ3n) is 4.40. The van der Waals surface area contributed by atoms with Crippen LogP contribution in [-0.4, -0.2) is 17.8 Å². The minimum absolute atomic E-state index is 0.212. The van der Waals surface area contributed by atoms with Crippen LogP contribution in [0.1, 0.15) is 33.9 Å². The fourth-order valence-corrected chi connectivity index (χ4v) is 3.02. The smallest absolute Gasteiger partial charge is 0.109 e. The fourth-order valence-electron chi connectivity index (χ4n) is 3.02. The number of rotatable bonds is 3. The molecule has 1 aliphatic rings. The lowest BCUT2D eigenvalue weighted by atomic mass is 9.91. The first-order valence-corrected chi connectivity index (χ1v) is 7.59. The van der Waals surface area contributed by atoms with Gasteiger partial charge in [0.15, 0.2) is 0 Å². The van der Waals surface area contributed by atoms with Gasteiger partial charge in [-0.15, -0.1) is 0 Å². The molecule has 0 saturated heterocycles. The number of ether oxygens (including phenoxy) is 1. The molecule has 3 rings (SSSR count). The van der Waals surface area contributed by atoms with Gasteiger partial charge in [-0.2, -0.15) is 0 Å². The van der Waals surface area contributed by atoms with Crippen LogP contribution in [0.2, 0.25) is 0 Å². The van der Waals surface area contributed by atoms with Crippen LogP contribution in [0.3, 0.4) is 0 Å². The minimum Gasteiger partial charge on any atom is -0.390 e. The van der Waals surface area contributed by atoms with E-state index in [1.54, 1.807) is 0 Å². The zero-order chi connectivity index (χ0) is 14.8. The first kappa shape index (κ1) is 14.3. The van der Waals surface area contributed by atoms with Gasteiger partial charge in [0.1, 0.15) is 6.10 Å². The third-order valence-corrected chi connectivity index (χ3v) is 4.40. The molecule has 0 radical (unpaired) electrons. The van der Waals surface area contributed by atoms with Crippen LogP contribution in [0.25, 0.3) is 0 Å². The Bertz CT molecular complexity index is 633. The van der Waals surface area contributed by atoms with Crippen molar-refractivity contribution in [3.63, 3.8) is 0 Å². The van der Waals surface area contributed by atoms with E-state index >= 15 is 0 Å². The highest BCUT2D eigenvalue weighted by molar-refractivity contribution is 5.33. The second-order valence-corrected chi connectivity index (χ2v) is 5.93. The molecule has 0 fully saturated rings. The molecule has 2 unspecified atom stereocenters. The van der Waals surface area contributed by atoms with Crippen LogP contribution >= 0.6 is 0 Å². The van der Waals surface area contributed by atoms with Crippen molar-refractivity contribution in [3.8, 4) is 0 Å². The summed E-state index contributed by atoms with van der Waals surface area (Å²) in [7, 11) is 0. The van der Waals surface area contributed by atoms with Gasteiger partial charge in [-0.25, -0.2) is 0 Å². The largest absolute Gasteiger partial charge is 0.390 e. The summed E-state index contributed by atoms with van der Waals surface area (Å²) in [6, 6.07) is 14.6. The number of aryl methyl sites for hydroxylation is 2. The van der Waals surface area contributed by atoms with E-state index in [-0.39, 0.29) is 6.10 Å². The van der Waals surface area contributed by atoms with Gasteiger partial charge in [-0.3, -0.25) is 0 Å². The van der Waals surface area contributed by atoms with Crippen molar-refractivity contribution >= 4 is 0 Å². The van der Waals surface area contributed by atoms with Crippen LogP contribution in [0.5, 0.6) is 0 Å². The Labute approximate surface area is 126 Å². The molecule has 1 N–H and O–H groups in total. The van der Waals surface area contributed by atoms with E-state index in [0.29, 0.717) is 13.0 Å². The Kier molecular flexibility index (Phi) is 4.09. The summed E-state index contributed by atoms with van der Waals surface area (Å²) in [5.41, 5.74) is 6.15. The van der Waals surface area contributed by atoms with Gasteiger partial charge in [0, 0.05) is 6.42 Å². The zero-order valence-corrected chi connectivity index (χ0v) is 12.7. The molecule has 0 saturated carbocycles. The van der Waals surface area contributed by atoms with Gasteiger partial charge < -0.3 is 9.84 Å². The van der Waals surface area contributed by atoms with Crippen LogP contribution in [0.4, 0.5) is 0 Å². The maximum Gasteiger partial charge on any atom is 0.109 e. The molecule has 0 aromatic heterocycles. The highest BCUT2D eigenvalue weighted by atomic mass is 16.5. The Hall–Kier alpha value is -1.64.